The predicted octanol–water partition coefficient (Wildman–Crippen LogP) is 0.0920. The van der Waals surface area contributed by atoms with E-state index in [0.29, 0.717) is 6.54 Å². The molecular weight excluding hydrogens is 227 g/mol. The van der Waals surface area contributed by atoms with Crippen LogP contribution in [0, 0.1) is 0 Å². The van der Waals surface area contributed by atoms with Crippen LogP contribution >= 0.6 is 24.8 Å². The van der Waals surface area contributed by atoms with E-state index in [1.807, 2.05) is 0 Å². The van der Waals surface area contributed by atoms with Gasteiger partial charge in [-0.05, 0) is 12.8 Å². The van der Waals surface area contributed by atoms with E-state index in [0.717, 1.165) is 24.6 Å². The largest absolute Gasteiger partial charge is 0.412 e. The van der Waals surface area contributed by atoms with Gasteiger partial charge in [0.25, 0.3) is 0 Å². The number of hydrogen-bond donors (Lipinski definition) is 1. The zero-order chi connectivity index (χ0) is 7.68. The van der Waals surface area contributed by atoms with E-state index in [2.05, 4.69) is 14.8 Å². The summed E-state index contributed by atoms with van der Waals surface area (Å²) >= 11 is 0. The Hall–Kier alpha value is -0.360. The van der Waals surface area contributed by atoms with Gasteiger partial charge in [0.15, 0.2) is 0 Å². The average Bonchev–Trinajstić information content (AvgIpc) is 2.47. The molecule has 0 amide bonds. The molecule has 4 N–H and O–H groups in total. The number of nitrogens with two attached hydrogens (primary N) is 1. The van der Waals surface area contributed by atoms with E-state index < -0.39 is 0 Å². The van der Waals surface area contributed by atoms with Crippen molar-refractivity contribution in [1.82, 2.24) is 14.8 Å². The second-order valence-corrected chi connectivity index (χ2v) is 2.85. The topological polar surface area (TPSA) is 88.2 Å². The lowest BCUT2D eigenvalue weighted by atomic mass is 10.2. The first-order valence-corrected chi connectivity index (χ1v) is 4.03. The number of nitrogens with zero attached hydrogens (tertiary/aromatic N) is 3. The van der Waals surface area contributed by atoms with Gasteiger partial charge in [0.2, 0.25) is 0 Å². The highest BCUT2D eigenvalue weighted by Crippen LogP contribution is 2.13. The van der Waals surface area contributed by atoms with Crippen molar-refractivity contribution in [2.24, 2.45) is 5.73 Å². The molecule has 0 aromatic carbocycles. The maximum atomic E-state index is 5.50. The van der Waals surface area contributed by atoms with Gasteiger partial charge in [-0.25, -0.2) is 0 Å². The van der Waals surface area contributed by atoms with E-state index in [-0.39, 0.29) is 30.3 Å². The van der Waals surface area contributed by atoms with Gasteiger partial charge >= 0.3 is 0 Å². The second-order valence-electron chi connectivity index (χ2n) is 2.85. The second kappa shape index (κ2) is 7.00. The van der Waals surface area contributed by atoms with Crippen LogP contribution in [0.25, 0.3) is 0 Å². The Morgan fingerprint density at radius 2 is 1.93 bits per heavy atom. The maximum absolute atomic E-state index is 5.50. The van der Waals surface area contributed by atoms with Crippen LogP contribution in [0.3, 0.4) is 0 Å². The molecule has 7 heteroatoms. The van der Waals surface area contributed by atoms with Gasteiger partial charge in [0.1, 0.15) is 11.6 Å². The Bertz CT molecular complexity index is 253. The number of fused-ring (bicyclic) bond motifs is 1. The summed E-state index contributed by atoms with van der Waals surface area (Å²) in [6.07, 6.45) is 3.54. The third-order valence-electron chi connectivity index (χ3n) is 2.12. The lowest BCUT2D eigenvalue weighted by Gasteiger charge is -2.13. The zero-order valence-corrected chi connectivity index (χ0v) is 9.40. The molecule has 5 nitrogen and oxygen atoms in total. The van der Waals surface area contributed by atoms with Gasteiger partial charge in [-0.3, -0.25) is 0 Å². The minimum Gasteiger partial charge on any atom is -0.412 e. The first-order valence-electron chi connectivity index (χ1n) is 4.03. The van der Waals surface area contributed by atoms with E-state index >= 15 is 0 Å². The zero-order valence-electron chi connectivity index (χ0n) is 7.77. The van der Waals surface area contributed by atoms with Gasteiger partial charge in [-0.1, -0.05) is 0 Å². The Morgan fingerprint density at radius 3 is 2.57 bits per heavy atom. The molecule has 1 aliphatic heterocycles. The summed E-state index contributed by atoms with van der Waals surface area (Å²) < 4.78 is 2.14. The molecule has 0 saturated heterocycles. The molecule has 1 aromatic heterocycles. The molecule has 2 rings (SSSR count). The first kappa shape index (κ1) is 16.1. The summed E-state index contributed by atoms with van der Waals surface area (Å²) in [6.45, 7) is 1.56. The third-order valence-corrected chi connectivity index (χ3v) is 2.12. The number of rotatable bonds is 1. The van der Waals surface area contributed by atoms with Gasteiger partial charge in [-0.15, -0.1) is 35.0 Å². The first-order chi connectivity index (χ1) is 5.42. The number of halogens is 2. The van der Waals surface area contributed by atoms with E-state index in [1.165, 1.54) is 12.8 Å². The lowest BCUT2D eigenvalue weighted by Crippen LogP contribution is -2.15. The molecular formula is C7H16Cl2N4O. The molecule has 0 aliphatic carbocycles. The molecule has 0 unspecified atom stereocenters. The summed E-state index contributed by atoms with van der Waals surface area (Å²) in [7, 11) is 0. The standard InChI is InChI=1S/C7H12N4.2ClH.H2O/c8-5-7-10-9-6-3-1-2-4-11(6)7;;;/h1-5,8H2;2*1H;1H2. The summed E-state index contributed by atoms with van der Waals surface area (Å²) in [5.74, 6) is 2.04. The van der Waals surface area contributed by atoms with Crippen molar-refractivity contribution in [2.75, 3.05) is 0 Å². The predicted molar refractivity (Wildman–Crippen MR) is 59.0 cm³/mol. The SMILES string of the molecule is Cl.Cl.NCc1nnc2n1CCCC2.O. The van der Waals surface area contributed by atoms with Crippen molar-refractivity contribution in [1.29, 1.82) is 0 Å². The Labute approximate surface area is 95.2 Å². The highest BCUT2D eigenvalue weighted by molar-refractivity contribution is 5.85. The molecule has 0 spiro atoms. The van der Waals surface area contributed by atoms with Crippen LogP contribution in [0.4, 0.5) is 0 Å². The maximum Gasteiger partial charge on any atom is 0.146 e. The van der Waals surface area contributed by atoms with E-state index in [1.54, 1.807) is 0 Å². The van der Waals surface area contributed by atoms with Crippen LogP contribution in [-0.4, -0.2) is 20.2 Å². The Morgan fingerprint density at radius 1 is 1.21 bits per heavy atom. The summed E-state index contributed by atoms with van der Waals surface area (Å²) in [4.78, 5) is 0. The molecule has 84 valence electrons. The van der Waals surface area contributed by atoms with Crippen LogP contribution in [-0.2, 0) is 19.5 Å². The fourth-order valence-corrected chi connectivity index (χ4v) is 1.52. The van der Waals surface area contributed by atoms with Crippen LogP contribution in [0.2, 0.25) is 0 Å². The monoisotopic (exact) mass is 242 g/mol. The van der Waals surface area contributed by atoms with Crippen LogP contribution < -0.4 is 5.73 Å². The molecule has 0 atom stereocenters. The fraction of sp³-hybridized carbons (Fsp3) is 0.714. The highest BCUT2D eigenvalue weighted by Gasteiger charge is 2.13. The number of hydrogen-bond acceptors (Lipinski definition) is 3. The molecule has 0 saturated carbocycles. The lowest BCUT2D eigenvalue weighted by molar-refractivity contribution is 0.508. The minimum atomic E-state index is 0. The average molecular weight is 243 g/mol. The van der Waals surface area contributed by atoms with Crippen molar-refractivity contribution < 1.29 is 5.48 Å². The van der Waals surface area contributed by atoms with Crippen molar-refractivity contribution >= 4 is 24.8 Å². The highest BCUT2D eigenvalue weighted by atomic mass is 35.5. The molecule has 1 aliphatic rings. The van der Waals surface area contributed by atoms with Gasteiger partial charge in [0.05, 0.1) is 6.54 Å². The molecule has 0 fully saturated rings. The Kier molecular flexibility index (Phi) is 8.04. The van der Waals surface area contributed by atoms with E-state index in [9.17, 15) is 0 Å². The van der Waals surface area contributed by atoms with Crippen LogP contribution in [0.1, 0.15) is 24.5 Å². The van der Waals surface area contributed by atoms with Crippen molar-refractivity contribution in [3.8, 4) is 0 Å². The van der Waals surface area contributed by atoms with E-state index in [4.69, 9.17) is 5.73 Å². The molecule has 0 radical (unpaired) electrons. The fourth-order valence-electron chi connectivity index (χ4n) is 1.52. The van der Waals surface area contributed by atoms with Crippen molar-refractivity contribution in [2.45, 2.75) is 32.4 Å². The number of aromatic nitrogens is 3. The van der Waals surface area contributed by atoms with Crippen molar-refractivity contribution in [3.63, 3.8) is 0 Å². The Balaban J connectivity index is 0. The van der Waals surface area contributed by atoms with Gasteiger partial charge in [0, 0.05) is 13.0 Å². The van der Waals surface area contributed by atoms with Crippen LogP contribution in [0.15, 0.2) is 0 Å². The van der Waals surface area contributed by atoms with Gasteiger partial charge < -0.3 is 15.8 Å². The van der Waals surface area contributed by atoms with Gasteiger partial charge in [-0.2, -0.15) is 0 Å². The quantitative estimate of drug-likeness (QED) is 0.758. The molecule has 14 heavy (non-hydrogen) atoms. The minimum absolute atomic E-state index is 0. The van der Waals surface area contributed by atoms with Crippen LogP contribution in [0.5, 0.6) is 0 Å². The summed E-state index contributed by atoms with van der Waals surface area (Å²) in [5.41, 5.74) is 5.50. The summed E-state index contributed by atoms with van der Waals surface area (Å²) in [6, 6.07) is 0. The van der Waals surface area contributed by atoms with Crippen molar-refractivity contribution in [3.05, 3.63) is 11.6 Å². The third kappa shape index (κ3) is 2.81. The molecule has 2 heterocycles. The summed E-state index contributed by atoms with van der Waals surface area (Å²) in [5, 5.41) is 8.06. The molecule has 1 aromatic rings. The molecule has 0 bridgehead atoms. The normalized spacial score (nSPS) is 12.9. The number of aryl methyl sites for hydroxylation is 1. The smallest absolute Gasteiger partial charge is 0.146 e.